The highest BCUT2D eigenvalue weighted by Gasteiger charge is 2.17. The Morgan fingerprint density at radius 1 is 1.15 bits per heavy atom. The van der Waals surface area contributed by atoms with E-state index in [2.05, 4.69) is 5.32 Å². The van der Waals surface area contributed by atoms with Gasteiger partial charge in [-0.25, -0.2) is 4.79 Å². The van der Waals surface area contributed by atoms with Crippen LogP contribution in [0, 0.1) is 19.8 Å². The number of carbonyl (C=O) groups is 1. The summed E-state index contributed by atoms with van der Waals surface area (Å²) in [5.74, 6) is -0.156. The van der Waals surface area contributed by atoms with Crippen molar-refractivity contribution in [2.24, 2.45) is 5.92 Å². The Labute approximate surface area is 161 Å². The highest BCUT2D eigenvalue weighted by Crippen LogP contribution is 2.18. The molecule has 2 heterocycles. The number of fused-ring (bicyclic) bond motifs is 1. The van der Waals surface area contributed by atoms with Crippen LogP contribution in [0.2, 0.25) is 0 Å². The Kier molecular flexibility index (Phi) is 5.32. The molecule has 0 radical (unpaired) electrons. The van der Waals surface area contributed by atoms with Crippen LogP contribution in [0.5, 0.6) is 0 Å². The molecule has 3 rings (SSSR count). The standard InChI is InChI=1S/C20H23N3O3S/c1-12(2)10-23-19(25)18-16(7-8-27-18)22(20(23)26)11-17(24)21-15-6-5-13(3)9-14(15)4/h5-9,12H,10-11H2,1-4H3,(H,21,24). The van der Waals surface area contributed by atoms with Crippen LogP contribution in [-0.2, 0) is 17.9 Å². The summed E-state index contributed by atoms with van der Waals surface area (Å²) in [7, 11) is 0. The van der Waals surface area contributed by atoms with Crippen LogP contribution in [-0.4, -0.2) is 15.0 Å². The molecule has 142 valence electrons. The minimum absolute atomic E-state index is 0.141. The van der Waals surface area contributed by atoms with E-state index in [4.69, 9.17) is 0 Å². The fourth-order valence-corrected chi connectivity index (χ4v) is 3.94. The molecule has 0 aliphatic rings. The Morgan fingerprint density at radius 2 is 1.89 bits per heavy atom. The van der Waals surface area contributed by atoms with Gasteiger partial charge in [0.15, 0.2) is 0 Å². The molecule has 0 saturated carbocycles. The number of hydrogen-bond donors (Lipinski definition) is 1. The van der Waals surface area contributed by atoms with Crippen molar-refractivity contribution < 1.29 is 4.79 Å². The van der Waals surface area contributed by atoms with Crippen molar-refractivity contribution in [2.45, 2.75) is 40.8 Å². The van der Waals surface area contributed by atoms with Gasteiger partial charge in [-0.05, 0) is 42.8 Å². The van der Waals surface area contributed by atoms with E-state index in [1.807, 2.05) is 45.9 Å². The monoisotopic (exact) mass is 385 g/mol. The summed E-state index contributed by atoms with van der Waals surface area (Å²) in [6.07, 6.45) is 0. The molecular weight excluding hydrogens is 362 g/mol. The first kappa shape index (κ1) is 19.1. The number of anilines is 1. The number of rotatable bonds is 5. The third-order valence-corrected chi connectivity index (χ3v) is 5.23. The number of nitrogens with zero attached hydrogens (tertiary/aromatic N) is 2. The van der Waals surface area contributed by atoms with E-state index >= 15 is 0 Å². The van der Waals surface area contributed by atoms with Gasteiger partial charge in [0, 0.05) is 12.2 Å². The summed E-state index contributed by atoms with van der Waals surface area (Å²) in [5.41, 5.74) is 2.56. The molecule has 1 aromatic carbocycles. The van der Waals surface area contributed by atoms with Crippen LogP contribution in [0.3, 0.4) is 0 Å². The zero-order valence-electron chi connectivity index (χ0n) is 15.9. The maximum absolute atomic E-state index is 12.9. The largest absolute Gasteiger partial charge is 0.332 e. The number of nitrogens with one attached hydrogen (secondary N) is 1. The summed E-state index contributed by atoms with van der Waals surface area (Å²) >= 11 is 1.29. The smallest absolute Gasteiger partial charge is 0.324 e. The molecule has 3 aromatic rings. The van der Waals surface area contributed by atoms with Crippen LogP contribution in [0.1, 0.15) is 25.0 Å². The number of hydrogen-bond acceptors (Lipinski definition) is 4. The molecule has 1 N–H and O–H groups in total. The van der Waals surface area contributed by atoms with E-state index in [0.29, 0.717) is 16.8 Å². The zero-order chi connectivity index (χ0) is 19.7. The summed E-state index contributed by atoms with van der Waals surface area (Å²) in [5, 5.41) is 4.63. The number of aromatic nitrogens is 2. The molecule has 0 aliphatic carbocycles. The maximum Gasteiger partial charge on any atom is 0.332 e. The molecule has 7 heteroatoms. The fourth-order valence-electron chi connectivity index (χ4n) is 3.10. The number of aryl methyl sites for hydroxylation is 2. The van der Waals surface area contributed by atoms with Crippen LogP contribution < -0.4 is 16.6 Å². The van der Waals surface area contributed by atoms with Crippen LogP contribution in [0.25, 0.3) is 10.2 Å². The molecule has 0 atom stereocenters. The first-order chi connectivity index (χ1) is 12.8. The molecule has 1 amide bonds. The van der Waals surface area contributed by atoms with Gasteiger partial charge in [-0.2, -0.15) is 0 Å². The topological polar surface area (TPSA) is 73.1 Å². The predicted molar refractivity (Wildman–Crippen MR) is 110 cm³/mol. The van der Waals surface area contributed by atoms with Crippen molar-refractivity contribution in [2.75, 3.05) is 5.32 Å². The van der Waals surface area contributed by atoms with Gasteiger partial charge in [0.2, 0.25) is 5.91 Å². The summed E-state index contributed by atoms with van der Waals surface area (Å²) in [6.45, 7) is 7.99. The molecule has 0 unspecified atom stereocenters. The van der Waals surface area contributed by atoms with Crippen LogP contribution in [0.15, 0.2) is 39.2 Å². The summed E-state index contributed by atoms with van der Waals surface area (Å²) in [4.78, 5) is 38.1. The lowest BCUT2D eigenvalue weighted by Crippen LogP contribution is -2.42. The molecule has 0 spiro atoms. The van der Waals surface area contributed by atoms with Crippen molar-refractivity contribution >= 4 is 33.1 Å². The van der Waals surface area contributed by atoms with Crippen molar-refractivity contribution in [1.29, 1.82) is 0 Å². The van der Waals surface area contributed by atoms with Gasteiger partial charge in [0.05, 0.1) is 5.52 Å². The minimum Gasteiger partial charge on any atom is -0.324 e. The molecule has 2 aromatic heterocycles. The van der Waals surface area contributed by atoms with Gasteiger partial charge < -0.3 is 5.32 Å². The van der Waals surface area contributed by atoms with E-state index in [0.717, 1.165) is 16.8 Å². The molecule has 6 nitrogen and oxygen atoms in total. The average molecular weight is 385 g/mol. The third kappa shape index (κ3) is 3.88. The molecule has 0 saturated heterocycles. The summed E-state index contributed by atoms with van der Waals surface area (Å²) in [6, 6.07) is 7.48. The Hall–Kier alpha value is -2.67. The summed E-state index contributed by atoms with van der Waals surface area (Å²) < 4.78 is 3.11. The highest BCUT2D eigenvalue weighted by molar-refractivity contribution is 7.17. The second kappa shape index (κ2) is 7.52. The quantitative estimate of drug-likeness (QED) is 0.733. The molecule has 0 bridgehead atoms. The van der Waals surface area contributed by atoms with Crippen molar-refractivity contribution in [3.63, 3.8) is 0 Å². The lowest BCUT2D eigenvalue weighted by atomic mass is 10.1. The number of carbonyl (C=O) groups excluding carboxylic acids is 1. The van der Waals surface area contributed by atoms with E-state index in [-0.39, 0.29) is 23.9 Å². The number of thiophene rings is 1. The van der Waals surface area contributed by atoms with Gasteiger partial charge in [-0.15, -0.1) is 11.3 Å². The third-order valence-electron chi connectivity index (χ3n) is 4.34. The lowest BCUT2D eigenvalue weighted by Gasteiger charge is -2.14. The first-order valence-electron chi connectivity index (χ1n) is 8.86. The number of benzene rings is 1. The minimum atomic E-state index is -0.449. The van der Waals surface area contributed by atoms with E-state index < -0.39 is 5.69 Å². The van der Waals surface area contributed by atoms with E-state index in [1.54, 1.807) is 11.4 Å². The number of amides is 1. The van der Waals surface area contributed by atoms with Gasteiger partial charge in [0.25, 0.3) is 5.56 Å². The predicted octanol–water partition coefficient (Wildman–Crippen LogP) is 3.14. The SMILES string of the molecule is Cc1ccc(NC(=O)Cn2c(=O)n(CC(C)C)c(=O)c3sccc32)c(C)c1. The zero-order valence-corrected chi connectivity index (χ0v) is 16.7. The van der Waals surface area contributed by atoms with Crippen molar-refractivity contribution in [1.82, 2.24) is 9.13 Å². The second-order valence-corrected chi connectivity index (χ2v) is 8.10. The van der Waals surface area contributed by atoms with Crippen LogP contribution in [0.4, 0.5) is 5.69 Å². The normalized spacial score (nSPS) is 11.3. The Balaban J connectivity index is 1.98. The molecule has 0 aliphatic heterocycles. The van der Waals surface area contributed by atoms with Crippen LogP contribution >= 0.6 is 11.3 Å². The van der Waals surface area contributed by atoms with Gasteiger partial charge in [-0.3, -0.25) is 18.7 Å². The fraction of sp³-hybridized carbons (Fsp3) is 0.350. The average Bonchev–Trinajstić information content (AvgIpc) is 3.07. The van der Waals surface area contributed by atoms with Crippen molar-refractivity contribution in [3.8, 4) is 0 Å². The van der Waals surface area contributed by atoms with E-state index in [9.17, 15) is 14.4 Å². The molecular formula is C20H23N3O3S. The Morgan fingerprint density at radius 3 is 2.56 bits per heavy atom. The van der Waals surface area contributed by atoms with Gasteiger partial charge >= 0.3 is 5.69 Å². The van der Waals surface area contributed by atoms with Gasteiger partial charge in [-0.1, -0.05) is 31.5 Å². The molecule has 27 heavy (non-hydrogen) atoms. The van der Waals surface area contributed by atoms with E-state index in [1.165, 1.54) is 20.5 Å². The Bertz CT molecular complexity index is 1120. The second-order valence-electron chi connectivity index (χ2n) is 7.18. The van der Waals surface area contributed by atoms with Gasteiger partial charge in [0.1, 0.15) is 11.2 Å². The maximum atomic E-state index is 12.9. The highest BCUT2D eigenvalue weighted by atomic mass is 32.1. The first-order valence-corrected chi connectivity index (χ1v) is 9.74. The van der Waals surface area contributed by atoms with Crippen molar-refractivity contribution in [3.05, 3.63) is 61.6 Å². The lowest BCUT2D eigenvalue weighted by molar-refractivity contribution is -0.116. The molecule has 0 fully saturated rings.